The molecular weight excluding hydrogens is 344 g/mol. The second-order valence-corrected chi connectivity index (χ2v) is 5.67. The standard InChI is InChI=1S/C22H20O5/c1-24-18-7-5-6-16(14-18)20(23)13-12-17-10-11-19(27-17)15-26-22-9-4-3-8-21(22)25-2/h3-14H,15H2,1-2H3/b13-12+. The van der Waals surface area contributed by atoms with Crippen LogP contribution in [0.2, 0.25) is 0 Å². The van der Waals surface area contributed by atoms with Gasteiger partial charge >= 0.3 is 0 Å². The molecule has 3 rings (SSSR count). The highest BCUT2D eigenvalue weighted by Gasteiger charge is 2.07. The van der Waals surface area contributed by atoms with E-state index in [1.807, 2.05) is 30.3 Å². The molecule has 138 valence electrons. The van der Waals surface area contributed by atoms with Crippen LogP contribution in [0.15, 0.2) is 71.2 Å². The Kier molecular flexibility index (Phi) is 5.94. The monoisotopic (exact) mass is 364 g/mol. The molecule has 5 heteroatoms. The second kappa shape index (κ2) is 8.76. The summed E-state index contributed by atoms with van der Waals surface area (Å²) in [5, 5.41) is 0. The molecule has 3 aromatic rings. The predicted octanol–water partition coefficient (Wildman–Crippen LogP) is 4.77. The van der Waals surface area contributed by atoms with E-state index in [1.54, 1.807) is 50.6 Å². The molecule has 0 aliphatic carbocycles. The van der Waals surface area contributed by atoms with Crippen LogP contribution in [0.3, 0.4) is 0 Å². The molecule has 2 aromatic carbocycles. The van der Waals surface area contributed by atoms with Gasteiger partial charge in [0.1, 0.15) is 23.9 Å². The maximum absolute atomic E-state index is 12.3. The highest BCUT2D eigenvalue weighted by atomic mass is 16.5. The number of carbonyl (C=O) groups excluding carboxylic acids is 1. The molecule has 0 spiro atoms. The van der Waals surface area contributed by atoms with Crippen molar-refractivity contribution in [2.45, 2.75) is 6.61 Å². The zero-order valence-corrected chi connectivity index (χ0v) is 15.2. The number of ether oxygens (including phenoxy) is 3. The Labute approximate surface area is 157 Å². The van der Waals surface area contributed by atoms with Crippen molar-refractivity contribution in [2.75, 3.05) is 14.2 Å². The summed E-state index contributed by atoms with van der Waals surface area (Å²) >= 11 is 0. The first kappa shape index (κ1) is 18.3. The number of carbonyl (C=O) groups is 1. The van der Waals surface area contributed by atoms with Gasteiger partial charge in [0.2, 0.25) is 0 Å². The number of furan rings is 1. The largest absolute Gasteiger partial charge is 0.497 e. The summed E-state index contributed by atoms with van der Waals surface area (Å²) in [4.78, 5) is 12.3. The molecule has 0 aliphatic heterocycles. The molecule has 0 amide bonds. The van der Waals surface area contributed by atoms with Gasteiger partial charge in [0.05, 0.1) is 14.2 Å². The van der Waals surface area contributed by atoms with E-state index in [4.69, 9.17) is 18.6 Å². The Morgan fingerprint density at radius 2 is 1.78 bits per heavy atom. The zero-order valence-electron chi connectivity index (χ0n) is 15.2. The first-order valence-electron chi connectivity index (χ1n) is 8.40. The lowest BCUT2D eigenvalue weighted by Crippen LogP contribution is -1.96. The van der Waals surface area contributed by atoms with E-state index < -0.39 is 0 Å². The second-order valence-electron chi connectivity index (χ2n) is 5.67. The van der Waals surface area contributed by atoms with E-state index in [-0.39, 0.29) is 12.4 Å². The molecule has 5 nitrogen and oxygen atoms in total. The van der Waals surface area contributed by atoms with Gasteiger partial charge in [-0.1, -0.05) is 24.3 Å². The van der Waals surface area contributed by atoms with E-state index in [2.05, 4.69) is 0 Å². The molecule has 0 radical (unpaired) electrons. The van der Waals surface area contributed by atoms with Crippen LogP contribution in [0.5, 0.6) is 17.2 Å². The first-order valence-corrected chi connectivity index (χ1v) is 8.40. The molecule has 1 heterocycles. The fraction of sp³-hybridized carbons (Fsp3) is 0.136. The van der Waals surface area contributed by atoms with E-state index in [1.165, 1.54) is 6.08 Å². The maximum atomic E-state index is 12.3. The van der Waals surface area contributed by atoms with E-state index in [0.29, 0.717) is 34.3 Å². The number of hydrogen-bond acceptors (Lipinski definition) is 5. The lowest BCUT2D eigenvalue weighted by molar-refractivity contribution is 0.104. The van der Waals surface area contributed by atoms with E-state index >= 15 is 0 Å². The Balaban J connectivity index is 1.61. The van der Waals surface area contributed by atoms with Crippen molar-refractivity contribution in [3.05, 3.63) is 83.8 Å². The quantitative estimate of drug-likeness (QED) is 0.426. The summed E-state index contributed by atoms with van der Waals surface area (Å²) in [5.41, 5.74) is 0.553. The molecule has 27 heavy (non-hydrogen) atoms. The number of para-hydroxylation sites is 2. The highest BCUT2D eigenvalue weighted by molar-refractivity contribution is 6.06. The fourth-order valence-electron chi connectivity index (χ4n) is 2.48. The van der Waals surface area contributed by atoms with Gasteiger partial charge in [-0.05, 0) is 48.6 Å². The van der Waals surface area contributed by atoms with Crippen LogP contribution in [-0.4, -0.2) is 20.0 Å². The molecule has 0 saturated carbocycles. The van der Waals surface area contributed by atoms with Crippen LogP contribution in [0.1, 0.15) is 21.9 Å². The van der Waals surface area contributed by atoms with Crippen LogP contribution in [0, 0.1) is 0 Å². The van der Waals surface area contributed by atoms with Crippen molar-refractivity contribution in [1.29, 1.82) is 0 Å². The van der Waals surface area contributed by atoms with Crippen LogP contribution >= 0.6 is 0 Å². The number of ketones is 1. The van der Waals surface area contributed by atoms with Crippen LogP contribution in [-0.2, 0) is 6.61 Å². The highest BCUT2D eigenvalue weighted by Crippen LogP contribution is 2.27. The van der Waals surface area contributed by atoms with Crippen LogP contribution in [0.4, 0.5) is 0 Å². The van der Waals surface area contributed by atoms with Gasteiger partial charge in [-0.2, -0.15) is 0 Å². The third-order valence-corrected chi connectivity index (χ3v) is 3.87. The average molecular weight is 364 g/mol. The molecule has 0 unspecified atom stereocenters. The number of benzene rings is 2. The third kappa shape index (κ3) is 4.79. The predicted molar refractivity (Wildman–Crippen MR) is 102 cm³/mol. The number of hydrogen-bond donors (Lipinski definition) is 0. The summed E-state index contributed by atoms with van der Waals surface area (Å²) < 4.78 is 21.8. The molecule has 0 atom stereocenters. The maximum Gasteiger partial charge on any atom is 0.186 e. The molecule has 1 aromatic heterocycles. The minimum atomic E-state index is -0.128. The Bertz CT molecular complexity index is 939. The smallest absolute Gasteiger partial charge is 0.186 e. The minimum absolute atomic E-state index is 0.128. The molecular formula is C22H20O5. The Morgan fingerprint density at radius 3 is 2.56 bits per heavy atom. The lowest BCUT2D eigenvalue weighted by atomic mass is 10.1. The number of methoxy groups -OCH3 is 2. The summed E-state index contributed by atoms with van der Waals surface area (Å²) in [6, 6.07) is 18.0. The van der Waals surface area contributed by atoms with E-state index in [9.17, 15) is 4.79 Å². The number of allylic oxidation sites excluding steroid dienone is 1. The summed E-state index contributed by atoms with van der Waals surface area (Å²) in [7, 11) is 3.16. The van der Waals surface area contributed by atoms with Gasteiger partial charge in [-0.3, -0.25) is 4.79 Å². The van der Waals surface area contributed by atoms with Crippen LogP contribution < -0.4 is 14.2 Å². The Hall–Kier alpha value is -3.47. The molecule has 0 fully saturated rings. The van der Waals surface area contributed by atoms with Crippen molar-refractivity contribution < 1.29 is 23.4 Å². The minimum Gasteiger partial charge on any atom is -0.497 e. The molecule has 0 saturated heterocycles. The Morgan fingerprint density at radius 1 is 0.963 bits per heavy atom. The van der Waals surface area contributed by atoms with Crippen molar-refractivity contribution in [3.63, 3.8) is 0 Å². The van der Waals surface area contributed by atoms with Gasteiger partial charge in [-0.25, -0.2) is 0 Å². The van der Waals surface area contributed by atoms with Gasteiger partial charge in [0, 0.05) is 5.56 Å². The number of rotatable bonds is 8. The normalized spacial score (nSPS) is 10.7. The SMILES string of the molecule is COc1cccc(C(=O)/C=C/c2ccc(COc3ccccc3OC)o2)c1. The van der Waals surface area contributed by atoms with Crippen molar-refractivity contribution >= 4 is 11.9 Å². The summed E-state index contributed by atoms with van der Waals surface area (Å²) in [6.45, 7) is 0.262. The average Bonchev–Trinajstić information content (AvgIpc) is 3.18. The molecule has 0 bridgehead atoms. The van der Waals surface area contributed by atoms with E-state index in [0.717, 1.165) is 0 Å². The lowest BCUT2D eigenvalue weighted by Gasteiger charge is -2.08. The first-order chi connectivity index (χ1) is 13.2. The van der Waals surface area contributed by atoms with Crippen molar-refractivity contribution in [1.82, 2.24) is 0 Å². The van der Waals surface area contributed by atoms with Crippen molar-refractivity contribution in [2.24, 2.45) is 0 Å². The van der Waals surface area contributed by atoms with Crippen molar-refractivity contribution in [3.8, 4) is 17.2 Å². The van der Waals surface area contributed by atoms with Gasteiger partial charge in [-0.15, -0.1) is 0 Å². The summed E-state index contributed by atoms with van der Waals surface area (Å²) in [5.74, 6) is 3.04. The fourth-order valence-corrected chi connectivity index (χ4v) is 2.48. The van der Waals surface area contributed by atoms with Gasteiger partial charge in [0.15, 0.2) is 17.3 Å². The zero-order chi connectivity index (χ0) is 19.1. The molecule has 0 aliphatic rings. The molecule has 0 N–H and O–H groups in total. The van der Waals surface area contributed by atoms with Crippen LogP contribution in [0.25, 0.3) is 6.08 Å². The van der Waals surface area contributed by atoms with Gasteiger partial charge in [0.25, 0.3) is 0 Å². The topological polar surface area (TPSA) is 57.9 Å². The summed E-state index contributed by atoms with van der Waals surface area (Å²) in [6.07, 6.45) is 3.10. The van der Waals surface area contributed by atoms with Gasteiger partial charge < -0.3 is 18.6 Å². The third-order valence-electron chi connectivity index (χ3n) is 3.87.